The van der Waals surface area contributed by atoms with Gasteiger partial charge in [0.15, 0.2) is 0 Å². The van der Waals surface area contributed by atoms with Gasteiger partial charge >= 0.3 is 0 Å². The topological polar surface area (TPSA) is 86.8 Å². The Bertz CT molecular complexity index is 1420. The first-order valence-corrected chi connectivity index (χ1v) is 14.8. The molecule has 9 heteroatoms. The quantitative estimate of drug-likeness (QED) is 0.336. The fourth-order valence-electron chi connectivity index (χ4n) is 4.19. The van der Waals surface area contributed by atoms with E-state index in [2.05, 4.69) is 5.32 Å². The lowest BCUT2D eigenvalue weighted by Gasteiger charge is -2.32. The number of rotatable bonds is 11. The molecule has 0 unspecified atom stereocenters. The fourth-order valence-corrected chi connectivity index (χ4v) is 5.60. The van der Waals surface area contributed by atoms with Gasteiger partial charge < -0.3 is 10.2 Å². The van der Waals surface area contributed by atoms with E-state index in [1.54, 1.807) is 51.1 Å². The summed E-state index contributed by atoms with van der Waals surface area (Å²) < 4.78 is 43.5. The maximum Gasteiger partial charge on any atom is 0.264 e. The van der Waals surface area contributed by atoms with Crippen LogP contribution in [0, 0.1) is 12.7 Å². The molecule has 0 aliphatic heterocycles. The van der Waals surface area contributed by atoms with Crippen LogP contribution in [0.4, 0.5) is 10.1 Å². The average molecular weight is 568 g/mol. The van der Waals surface area contributed by atoms with Crippen LogP contribution in [0.5, 0.6) is 0 Å². The van der Waals surface area contributed by atoms with Gasteiger partial charge in [-0.1, -0.05) is 61.9 Å². The minimum Gasteiger partial charge on any atom is -0.352 e. The zero-order valence-electron chi connectivity index (χ0n) is 23.9. The molecule has 40 heavy (non-hydrogen) atoms. The summed E-state index contributed by atoms with van der Waals surface area (Å²) in [6.45, 7) is 10.3. The van der Waals surface area contributed by atoms with Gasteiger partial charge in [-0.3, -0.25) is 13.9 Å². The Morgan fingerprint density at radius 3 is 2.02 bits per heavy atom. The van der Waals surface area contributed by atoms with E-state index < -0.39 is 40.2 Å². The number of sulfonamides is 1. The summed E-state index contributed by atoms with van der Waals surface area (Å²) in [5.74, 6) is -1.35. The van der Waals surface area contributed by atoms with Gasteiger partial charge in [0.05, 0.1) is 10.6 Å². The monoisotopic (exact) mass is 567 g/mol. The summed E-state index contributed by atoms with van der Waals surface area (Å²) in [5.41, 5.74) is 2.43. The largest absolute Gasteiger partial charge is 0.352 e. The lowest BCUT2D eigenvalue weighted by Crippen LogP contribution is -2.52. The molecule has 3 aromatic rings. The Morgan fingerprint density at radius 1 is 0.875 bits per heavy atom. The van der Waals surface area contributed by atoms with Crippen LogP contribution in [0.25, 0.3) is 0 Å². The maximum atomic E-state index is 14.6. The van der Waals surface area contributed by atoms with Crippen molar-refractivity contribution in [1.29, 1.82) is 0 Å². The molecule has 3 aromatic carbocycles. The van der Waals surface area contributed by atoms with Crippen molar-refractivity contribution in [3.63, 3.8) is 0 Å². The molecule has 0 saturated heterocycles. The third-order valence-corrected chi connectivity index (χ3v) is 8.42. The lowest BCUT2D eigenvalue weighted by atomic mass is 10.0. The number of carbonyl (C=O) groups excluding carboxylic acids is 2. The standard InChI is InChI=1S/C31H38FN3O4S/c1-21(2)25-13-15-27(16-14-25)35(40(38,39)28-17-11-23(5)12-18-28)20-30(36)34(24(6)31(37)33-22(3)4)19-26-9-7-8-10-29(26)32/h7-18,21-22,24H,19-20H2,1-6H3,(H,33,37)/t24-/m0/s1. The molecule has 0 spiro atoms. The molecular weight excluding hydrogens is 529 g/mol. The third-order valence-electron chi connectivity index (χ3n) is 6.63. The summed E-state index contributed by atoms with van der Waals surface area (Å²) in [7, 11) is -4.17. The number of hydrogen-bond acceptors (Lipinski definition) is 4. The Hall–Kier alpha value is -3.72. The van der Waals surface area contributed by atoms with Crippen molar-refractivity contribution in [2.75, 3.05) is 10.8 Å². The number of anilines is 1. The van der Waals surface area contributed by atoms with E-state index in [9.17, 15) is 22.4 Å². The van der Waals surface area contributed by atoms with E-state index in [4.69, 9.17) is 0 Å². The van der Waals surface area contributed by atoms with Crippen molar-refractivity contribution in [3.05, 3.63) is 95.3 Å². The molecule has 1 atom stereocenters. The highest BCUT2D eigenvalue weighted by atomic mass is 32.2. The smallest absolute Gasteiger partial charge is 0.264 e. The summed E-state index contributed by atoms with van der Waals surface area (Å²) in [5, 5.41) is 2.78. The number of aryl methyl sites for hydroxylation is 1. The van der Waals surface area contributed by atoms with Crippen molar-refractivity contribution in [2.24, 2.45) is 0 Å². The Labute approximate surface area is 237 Å². The molecule has 2 amide bonds. The molecule has 3 rings (SSSR count). The van der Waals surface area contributed by atoms with Crippen LogP contribution in [-0.2, 0) is 26.2 Å². The molecule has 0 aliphatic rings. The highest BCUT2D eigenvalue weighted by Crippen LogP contribution is 2.27. The number of amides is 2. The molecule has 0 aromatic heterocycles. The van der Waals surface area contributed by atoms with Gasteiger partial charge in [-0.2, -0.15) is 0 Å². The molecule has 0 saturated carbocycles. The second kappa shape index (κ2) is 13.1. The van der Waals surface area contributed by atoms with Crippen molar-refractivity contribution in [1.82, 2.24) is 10.2 Å². The first-order valence-electron chi connectivity index (χ1n) is 13.3. The number of benzene rings is 3. The summed E-state index contributed by atoms with van der Waals surface area (Å²) in [6.07, 6.45) is 0. The first-order chi connectivity index (χ1) is 18.8. The molecule has 0 bridgehead atoms. The van der Waals surface area contributed by atoms with Crippen LogP contribution in [-0.4, -0.2) is 43.8 Å². The van der Waals surface area contributed by atoms with E-state index in [0.717, 1.165) is 15.4 Å². The van der Waals surface area contributed by atoms with Crippen LogP contribution >= 0.6 is 0 Å². The van der Waals surface area contributed by atoms with E-state index in [1.807, 2.05) is 32.9 Å². The van der Waals surface area contributed by atoms with Crippen molar-refractivity contribution >= 4 is 27.5 Å². The zero-order valence-corrected chi connectivity index (χ0v) is 24.7. The predicted octanol–water partition coefficient (Wildman–Crippen LogP) is 5.39. The lowest BCUT2D eigenvalue weighted by molar-refractivity contribution is -0.139. The van der Waals surface area contributed by atoms with Gasteiger partial charge in [0.1, 0.15) is 18.4 Å². The van der Waals surface area contributed by atoms with Gasteiger partial charge in [-0.15, -0.1) is 0 Å². The molecule has 0 radical (unpaired) electrons. The maximum absolute atomic E-state index is 14.6. The Morgan fingerprint density at radius 2 is 1.48 bits per heavy atom. The van der Waals surface area contributed by atoms with Crippen molar-refractivity contribution < 1.29 is 22.4 Å². The van der Waals surface area contributed by atoms with Crippen LogP contribution in [0.1, 0.15) is 57.2 Å². The van der Waals surface area contributed by atoms with Gasteiger partial charge in [0, 0.05) is 18.2 Å². The van der Waals surface area contributed by atoms with E-state index in [1.165, 1.54) is 35.2 Å². The number of nitrogens with zero attached hydrogens (tertiary/aromatic N) is 2. The zero-order chi connectivity index (χ0) is 29.6. The summed E-state index contributed by atoms with van der Waals surface area (Å²) in [4.78, 5) is 28.1. The minimum absolute atomic E-state index is 0.0325. The second-order valence-electron chi connectivity index (χ2n) is 10.5. The number of hydrogen-bond donors (Lipinski definition) is 1. The number of halogens is 1. The summed E-state index contributed by atoms with van der Waals surface area (Å²) in [6, 6.07) is 18.2. The molecular formula is C31H38FN3O4S. The van der Waals surface area contributed by atoms with Crippen molar-refractivity contribution in [3.8, 4) is 0 Å². The van der Waals surface area contributed by atoms with E-state index in [0.29, 0.717) is 5.69 Å². The second-order valence-corrected chi connectivity index (χ2v) is 12.4. The van der Waals surface area contributed by atoms with Crippen molar-refractivity contribution in [2.45, 2.75) is 71.0 Å². The van der Waals surface area contributed by atoms with Crippen LogP contribution < -0.4 is 9.62 Å². The van der Waals surface area contributed by atoms with Gasteiger partial charge in [0.2, 0.25) is 11.8 Å². The number of nitrogens with one attached hydrogen (secondary N) is 1. The highest BCUT2D eigenvalue weighted by molar-refractivity contribution is 7.92. The molecule has 0 fully saturated rings. The van der Waals surface area contributed by atoms with Gasteiger partial charge in [-0.25, -0.2) is 12.8 Å². The first kappa shape index (κ1) is 30.8. The third kappa shape index (κ3) is 7.47. The fraction of sp³-hybridized carbons (Fsp3) is 0.355. The van der Waals surface area contributed by atoms with Gasteiger partial charge in [-0.05, 0) is 69.5 Å². The highest BCUT2D eigenvalue weighted by Gasteiger charge is 2.33. The van der Waals surface area contributed by atoms with E-state index >= 15 is 0 Å². The van der Waals surface area contributed by atoms with Crippen LogP contribution in [0.2, 0.25) is 0 Å². The molecule has 214 valence electrons. The Balaban J connectivity index is 2.06. The molecule has 1 N–H and O–H groups in total. The van der Waals surface area contributed by atoms with Gasteiger partial charge in [0.25, 0.3) is 10.0 Å². The predicted molar refractivity (Wildman–Crippen MR) is 156 cm³/mol. The van der Waals surface area contributed by atoms with E-state index in [-0.39, 0.29) is 29.0 Å². The number of carbonyl (C=O) groups is 2. The van der Waals surface area contributed by atoms with Crippen LogP contribution in [0.3, 0.4) is 0 Å². The van der Waals surface area contributed by atoms with Crippen LogP contribution in [0.15, 0.2) is 77.7 Å². The average Bonchev–Trinajstić information content (AvgIpc) is 2.90. The summed E-state index contributed by atoms with van der Waals surface area (Å²) >= 11 is 0. The Kier molecular flexibility index (Phi) is 10.1. The molecule has 0 heterocycles. The minimum atomic E-state index is -4.17. The normalized spacial score (nSPS) is 12.3. The SMILES string of the molecule is Cc1ccc(S(=O)(=O)N(CC(=O)N(Cc2ccccc2F)[C@@H](C)C(=O)NC(C)C)c2ccc(C(C)C)cc2)cc1. The molecule has 7 nitrogen and oxygen atoms in total. The molecule has 0 aliphatic carbocycles.